The Morgan fingerprint density at radius 3 is 3.00 bits per heavy atom. The van der Waals surface area contributed by atoms with Gasteiger partial charge in [0.05, 0.1) is 18.6 Å². The van der Waals surface area contributed by atoms with Crippen LogP contribution in [-0.2, 0) is 4.79 Å². The number of anilines is 1. The largest absolute Gasteiger partial charge is 0.481 e. The molecular weight excluding hydrogens is 238 g/mol. The smallest absolute Gasteiger partial charge is 0.230 e. The van der Waals surface area contributed by atoms with Gasteiger partial charge in [-0.1, -0.05) is 18.7 Å². The van der Waals surface area contributed by atoms with Crippen molar-refractivity contribution in [3.8, 4) is 5.88 Å². The average molecular weight is 255 g/mol. The monoisotopic (exact) mass is 255 g/mol. The van der Waals surface area contributed by atoms with Crippen LogP contribution < -0.4 is 15.8 Å². The van der Waals surface area contributed by atoms with Gasteiger partial charge in [0.2, 0.25) is 11.8 Å². The molecule has 0 aliphatic carbocycles. The number of nitrogens with zero attached hydrogens (tertiary/aromatic N) is 1. The van der Waals surface area contributed by atoms with Gasteiger partial charge in [-0.3, -0.25) is 4.79 Å². The van der Waals surface area contributed by atoms with Gasteiger partial charge in [-0.05, 0) is 12.5 Å². The number of carbonyl (C=O) groups is 1. The summed E-state index contributed by atoms with van der Waals surface area (Å²) in [4.78, 5) is 15.6. The number of amides is 1. The number of nitrogen functional groups attached to an aromatic ring is 1. The lowest BCUT2D eigenvalue weighted by molar-refractivity contribution is -0.118. The molecule has 5 nitrogen and oxygen atoms in total. The number of nitrogens with one attached hydrogen (secondary N) is 1. The first kappa shape index (κ1) is 13.6. The molecule has 0 saturated carbocycles. The molecule has 1 aromatic heterocycles. The summed E-state index contributed by atoms with van der Waals surface area (Å²) in [5, 5.41) is 3.41. The molecule has 17 heavy (non-hydrogen) atoms. The summed E-state index contributed by atoms with van der Waals surface area (Å²) in [5.74, 6) is 0.793. The molecule has 1 aromatic rings. The van der Waals surface area contributed by atoms with E-state index in [1.807, 2.05) is 6.92 Å². The van der Waals surface area contributed by atoms with Crippen molar-refractivity contribution in [2.45, 2.75) is 18.4 Å². The Morgan fingerprint density at radius 1 is 1.59 bits per heavy atom. The lowest BCUT2D eigenvalue weighted by Crippen LogP contribution is -2.25. The van der Waals surface area contributed by atoms with Gasteiger partial charge < -0.3 is 15.8 Å². The van der Waals surface area contributed by atoms with Crippen molar-refractivity contribution in [3.05, 3.63) is 12.1 Å². The molecule has 3 N–H and O–H groups in total. The zero-order chi connectivity index (χ0) is 12.7. The molecule has 0 aliphatic rings. The number of thioether (sulfide) groups is 1. The Kier molecular flexibility index (Phi) is 5.62. The molecule has 1 rings (SSSR count). The summed E-state index contributed by atoms with van der Waals surface area (Å²) < 4.78 is 5.00. The van der Waals surface area contributed by atoms with Crippen molar-refractivity contribution >= 4 is 23.4 Å². The summed E-state index contributed by atoms with van der Waals surface area (Å²) in [7, 11) is 1.54. The van der Waals surface area contributed by atoms with Crippen molar-refractivity contribution in [2.75, 3.05) is 25.1 Å². The van der Waals surface area contributed by atoms with E-state index >= 15 is 0 Å². The molecule has 94 valence electrons. The van der Waals surface area contributed by atoms with Gasteiger partial charge in [0.25, 0.3) is 0 Å². The van der Waals surface area contributed by atoms with Crippen LogP contribution in [0.2, 0.25) is 0 Å². The van der Waals surface area contributed by atoms with E-state index in [4.69, 9.17) is 10.5 Å². The van der Waals surface area contributed by atoms with Crippen LogP contribution in [0.5, 0.6) is 5.88 Å². The van der Waals surface area contributed by atoms with Crippen LogP contribution in [0.15, 0.2) is 17.2 Å². The number of ether oxygens (including phenoxy) is 1. The third-order valence-electron chi connectivity index (χ3n) is 1.99. The minimum atomic E-state index is -0.0131. The minimum Gasteiger partial charge on any atom is -0.481 e. The van der Waals surface area contributed by atoms with E-state index in [0.717, 1.165) is 6.42 Å². The Morgan fingerprint density at radius 2 is 2.35 bits per heavy atom. The summed E-state index contributed by atoms with van der Waals surface area (Å²) in [6.45, 7) is 2.70. The fourth-order valence-corrected chi connectivity index (χ4v) is 1.87. The molecule has 1 amide bonds. The highest BCUT2D eigenvalue weighted by atomic mass is 32.2. The summed E-state index contributed by atoms with van der Waals surface area (Å²) in [5.41, 5.74) is 6.31. The normalized spacial score (nSPS) is 10.0. The molecule has 0 unspecified atom stereocenters. The van der Waals surface area contributed by atoms with Crippen molar-refractivity contribution in [3.63, 3.8) is 0 Å². The quantitative estimate of drug-likeness (QED) is 0.749. The Balaban J connectivity index is 2.53. The summed E-state index contributed by atoms with van der Waals surface area (Å²) in [6, 6.07) is 3.41. The highest BCUT2D eigenvalue weighted by Crippen LogP contribution is 2.24. The van der Waals surface area contributed by atoms with E-state index in [0.29, 0.717) is 28.9 Å². The third-order valence-corrected chi connectivity index (χ3v) is 2.99. The van der Waals surface area contributed by atoms with E-state index in [2.05, 4.69) is 10.3 Å². The molecule has 0 radical (unpaired) electrons. The van der Waals surface area contributed by atoms with Gasteiger partial charge in [0.1, 0.15) is 5.03 Å². The van der Waals surface area contributed by atoms with Crippen LogP contribution >= 0.6 is 11.8 Å². The molecule has 0 saturated heterocycles. The van der Waals surface area contributed by atoms with Crippen LogP contribution in [0.25, 0.3) is 0 Å². The third kappa shape index (κ3) is 4.52. The van der Waals surface area contributed by atoms with Gasteiger partial charge >= 0.3 is 0 Å². The van der Waals surface area contributed by atoms with E-state index in [1.165, 1.54) is 11.8 Å². The zero-order valence-electron chi connectivity index (χ0n) is 10.0. The number of hydrogen-bond donors (Lipinski definition) is 2. The fraction of sp³-hybridized carbons (Fsp3) is 0.455. The number of pyridine rings is 1. The van der Waals surface area contributed by atoms with Crippen molar-refractivity contribution in [1.29, 1.82) is 0 Å². The number of hydrogen-bond acceptors (Lipinski definition) is 5. The number of rotatable bonds is 6. The van der Waals surface area contributed by atoms with E-state index in [9.17, 15) is 4.79 Å². The Hall–Kier alpha value is -1.43. The molecule has 1 heterocycles. The number of nitrogens with two attached hydrogens (primary N) is 1. The fourth-order valence-electron chi connectivity index (χ4n) is 1.11. The highest BCUT2D eigenvalue weighted by Gasteiger charge is 2.07. The second-order valence-electron chi connectivity index (χ2n) is 3.39. The molecule has 0 atom stereocenters. The van der Waals surface area contributed by atoms with Gasteiger partial charge in [-0.25, -0.2) is 4.98 Å². The average Bonchev–Trinajstić information content (AvgIpc) is 2.35. The van der Waals surface area contributed by atoms with Crippen LogP contribution in [0.1, 0.15) is 13.3 Å². The second kappa shape index (κ2) is 7.01. The maximum atomic E-state index is 11.4. The predicted molar refractivity (Wildman–Crippen MR) is 69.2 cm³/mol. The molecule has 0 bridgehead atoms. The van der Waals surface area contributed by atoms with Gasteiger partial charge in [0.15, 0.2) is 0 Å². The minimum absolute atomic E-state index is 0.0131. The van der Waals surface area contributed by atoms with Crippen LogP contribution in [0.3, 0.4) is 0 Å². The van der Waals surface area contributed by atoms with E-state index in [-0.39, 0.29) is 5.91 Å². The summed E-state index contributed by atoms with van der Waals surface area (Å²) >= 11 is 1.31. The molecular formula is C11H17N3O2S. The van der Waals surface area contributed by atoms with Crippen LogP contribution in [0, 0.1) is 0 Å². The zero-order valence-corrected chi connectivity index (χ0v) is 10.8. The highest BCUT2D eigenvalue weighted by molar-refractivity contribution is 8.00. The van der Waals surface area contributed by atoms with Gasteiger partial charge in [-0.15, -0.1) is 0 Å². The molecule has 0 aromatic carbocycles. The second-order valence-corrected chi connectivity index (χ2v) is 4.35. The molecule has 0 fully saturated rings. The van der Waals surface area contributed by atoms with Crippen LogP contribution in [-0.4, -0.2) is 30.3 Å². The lowest BCUT2D eigenvalue weighted by Gasteiger charge is -2.06. The molecule has 0 spiro atoms. The van der Waals surface area contributed by atoms with Crippen molar-refractivity contribution in [2.24, 2.45) is 0 Å². The first-order valence-electron chi connectivity index (χ1n) is 5.37. The summed E-state index contributed by atoms with van der Waals surface area (Å²) in [6.07, 6.45) is 0.927. The number of aromatic nitrogens is 1. The number of carbonyl (C=O) groups excluding carboxylic acids is 1. The van der Waals surface area contributed by atoms with Gasteiger partial charge in [-0.2, -0.15) is 0 Å². The topological polar surface area (TPSA) is 77.2 Å². The number of methoxy groups -OCH3 is 1. The van der Waals surface area contributed by atoms with E-state index < -0.39 is 0 Å². The molecule has 6 heteroatoms. The molecule has 0 aliphatic heterocycles. The predicted octanol–water partition coefficient (Wildman–Crippen LogP) is 1.29. The maximum Gasteiger partial charge on any atom is 0.230 e. The Labute approximate surface area is 105 Å². The Bertz CT molecular complexity index is 385. The van der Waals surface area contributed by atoms with Crippen molar-refractivity contribution in [1.82, 2.24) is 10.3 Å². The van der Waals surface area contributed by atoms with Crippen LogP contribution in [0.4, 0.5) is 5.69 Å². The maximum absolute atomic E-state index is 11.4. The first-order chi connectivity index (χ1) is 8.17. The van der Waals surface area contributed by atoms with E-state index in [1.54, 1.807) is 19.2 Å². The van der Waals surface area contributed by atoms with Gasteiger partial charge in [0, 0.05) is 12.6 Å². The lowest BCUT2D eigenvalue weighted by atomic mass is 10.4. The first-order valence-corrected chi connectivity index (χ1v) is 6.36. The SMILES string of the molecule is CCCNC(=O)CSc1nc(OC)ccc1N. The van der Waals surface area contributed by atoms with Crippen molar-refractivity contribution < 1.29 is 9.53 Å². The standard InChI is InChI=1S/C11H17N3O2S/c1-3-6-13-9(15)7-17-11-8(12)4-5-10(14-11)16-2/h4-5H,3,6-7,12H2,1-2H3,(H,13,15).